The van der Waals surface area contributed by atoms with Gasteiger partial charge in [0.2, 0.25) is 0 Å². The third-order valence-corrected chi connectivity index (χ3v) is 5.13. The fourth-order valence-corrected chi connectivity index (χ4v) is 3.62. The second kappa shape index (κ2) is 7.53. The van der Waals surface area contributed by atoms with Crippen LogP contribution in [0.5, 0.6) is 5.75 Å². The fourth-order valence-electron chi connectivity index (χ4n) is 3.29. The van der Waals surface area contributed by atoms with Crippen LogP contribution in [0, 0.1) is 5.82 Å². The highest BCUT2D eigenvalue weighted by Crippen LogP contribution is 2.30. The SMILES string of the molecule is O=C(NC(c1ccccc1)c1ccc(Br)cc1F)C1Cc2ccccc2O1. The number of carbonyl (C=O) groups is 1. The van der Waals surface area contributed by atoms with Gasteiger partial charge in [0, 0.05) is 16.5 Å². The van der Waals surface area contributed by atoms with Crippen LogP contribution in [-0.4, -0.2) is 12.0 Å². The Morgan fingerprint density at radius 3 is 2.56 bits per heavy atom. The monoisotopic (exact) mass is 425 g/mol. The number of benzene rings is 3. The number of hydrogen-bond donors (Lipinski definition) is 1. The van der Waals surface area contributed by atoms with Gasteiger partial charge >= 0.3 is 0 Å². The Labute approximate surface area is 165 Å². The topological polar surface area (TPSA) is 38.3 Å². The lowest BCUT2D eigenvalue weighted by molar-refractivity contribution is -0.127. The highest BCUT2D eigenvalue weighted by Gasteiger charge is 2.31. The summed E-state index contributed by atoms with van der Waals surface area (Å²) in [5, 5.41) is 2.97. The first kappa shape index (κ1) is 17.7. The van der Waals surface area contributed by atoms with Gasteiger partial charge in [-0.25, -0.2) is 4.39 Å². The molecule has 0 saturated heterocycles. The van der Waals surface area contributed by atoms with E-state index in [2.05, 4.69) is 21.2 Å². The van der Waals surface area contributed by atoms with Crippen molar-refractivity contribution in [2.24, 2.45) is 0 Å². The molecule has 1 amide bonds. The molecule has 0 radical (unpaired) electrons. The lowest BCUT2D eigenvalue weighted by Crippen LogP contribution is -2.40. The molecular formula is C22H17BrFNO2. The maximum Gasteiger partial charge on any atom is 0.262 e. The molecule has 0 spiro atoms. The Balaban J connectivity index is 1.61. The van der Waals surface area contributed by atoms with E-state index >= 15 is 0 Å². The van der Waals surface area contributed by atoms with Crippen LogP contribution in [0.2, 0.25) is 0 Å². The molecule has 3 aromatic rings. The van der Waals surface area contributed by atoms with Crippen molar-refractivity contribution in [3.63, 3.8) is 0 Å². The van der Waals surface area contributed by atoms with E-state index in [4.69, 9.17) is 4.74 Å². The first-order valence-electron chi connectivity index (χ1n) is 8.66. The number of hydrogen-bond acceptors (Lipinski definition) is 2. The van der Waals surface area contributed by atoms with Crippen LogP contribution >= 0.6 is 15.9 Å². The molecule has 3 aromatic carbocycles. The number of nitrogens with one attached hydrogen (secondary N) is 1. The van der Waals surface area contributed by atoms with E-state index in [0.29, 0.717) is 16.5 Å². The summed E-state index contributed by atoms with van der Waals surface area (Å²) in [5.74, 6) is 0.0836. The summed E-state index contributed by atoms with van der Waals surface area (Å²) < 4.78 is 21.0. The number of para-hydroxylation sites is 1. The molecule has 4 rings (SSSR count). The fraction of sp³-hybridized carbons (Fsp3) is 0.136. The molecule has 0 bridgehead atoms. The van der Waals surface area contributed by atoms with E-state index in [9.17, 15) is 9.18 Å². The van der Waals surface area contributed by atoms with E-state index < -0.39 is 12.1 Å². The van der Waals surface area contributed by atoms with E-state index in [1.807, 2.05) is 54.6 Å². The highest BCUT2D eigenvalue weighted by atomic mass is 79.9. The van der Waals surface area contributed by atoms with Gasteiger partial charge in [-0.15, -0.1) is 0 Å². The maximum absolute atomic E-state index is 14.6. The lowest BCUT2D eigenvalue weighted by atomic mass is 9.97. The van der Waals surface area contributed by atoms with Crippen LogP contribution in [0.4, 0.5) is 4.39 Å². The van der Waals surface area contributed by atoms with Crippen LogP contribution in [0.1, 0.15) is 22.7 Å². The minimum Gasteiger partial charge on any atom is -0.480 e. The Kier molecular flexibility index (Phi) is 4.94. The summed E-state index contributed by atoms with van der Waals surface area (Å²) >= 11 is 3.28. The van der Waals surface area contributed by atoms with Crippen LogP contribution in [0.25, 0.3) is 0 Å². The number of rotatable bonds is 4. The van der Waals surface area contributed by atoms with Crippen LogP contribution in [0.15, 0.2) is 77.3 Å². The van der Waals surface area contributed by atoms with Gasteiger partial charge in [0.25, 0.3) is 5.91 Å². The first-order valence-corrected chi connectivity index (χ1v) is 9.46. The van der Waals surface area contributed by atoms with Gasteiger partial charge in [0.15, 0.2) is 6.10 Å². The van der Waals surface area contributed by atoms with Gasteiger partial charge in [0.05, 0.1) is 6.04 Å². The molecule has 3 nitrogen and oxygen atoms in total. The molecule has 1 aliphatic rings. The molecule has 27 heavy (non-hydrogen) atoms. The summed E-state index contributed by atoms with van der Waals surface area (Å²) in [6.45, 7) is 0. The predicted molar refractivity (Wildman–Crippen MR) is 105 cm³/mol. The second-order valence-electron chi connectivity index (χ2n) is 6.44. The average Bonchev–Trinajstić information content (AvgIpc) is 3.12. The van der Waals surface area contributed by atoms with E-state index in [-0.39, 0.29) is 11.7 Å². The molecule has 0 saturated carbocycles. The van der Waals surface area contributed by atoms with Crippen molar-refractivity contribution in [2.45, 2.75) is 18.6 Å². The summed E-state index contributed by atoms with van der Waals surface area (Å²) in [7, 11) is 0. The third kappa shape index (κ3) is 3.74. The molecule has 2 unspecified atom stereocenters. The summed E-state index contributed by atoms with van der Waals surface area (Å²) in [6.07, 6.45) is -0.112. The summed E-state index contributed by atoms with van der Waals surface area (Å²) in [4.78, 5) is 12.9. The van der Waals surface area contributed by atoms with Crippen molar-refractivity contribution >= 4 is 21.8 Å². The minimum atomic E-state index is -0.618. The van der Waals surface area contributed by atoms with E-state index in [1.54, 1.807) is 12.1 Å². The number of ether oxygens (including phenoxy) is 1. The van der Waals surface area contributed by atoms with Gasteiger partial charge in [-0.3, -0.25) is 4.79 Å². The van der Waals surface area contributed by atoms with Gasteiger partial charge < -0.3 is 10.1 Å². The summed E-state index contributed by atoms with van der Waals surface area (Å²) in [5.41, 5.74) is 2.22. The van der Waals surface area contributed by atoms with Crippen LogP contribution in [0.3, 0.4) is 0 Å². The lowest BCUT2D eigenvalue weighted by Gasteiger charge is -2.22. The molecule has 1 N–H and O–H groups in total. The average molecular weight is 426 g/mol. The first-order chi connectivity index (χ1) is 13.1. The number of carbonyl (C=O) groups excluding carboxylic acids is 1. The Morgan fingerprint density at radius 1 is 1.07 bits per heavy atom. The molecule has 1 aliphatic heterocycles. The molecule has 1 heterocycles. The highest BCUT2D eigenvalue weighted by molar-refractivity contribution is 9.10. The quantitative estimate of drug-likeness (QED) is 0.651. The number of fused-ring (bicyclic) bond motifs is 1. The van der Waals surface area contributed by atoms with Crippen molar-refractivity contribution in [3.05, 3.63) is 99.8 Å². The number of halogens is 2. The van der Waals surface area contributed by atoms with Crippen molar-refractivity contribution in [3.8, 4) is 5.75 Å². The Morgan fingerprint density at radius 2 is 1.81 bits per heavy atom. The largest absolute Gasteiger partial charge is 0.480 e. The normalized spacial score (nSPS) is 16.3. The standard InChI is InChI=1S/C22H17BrFNO2/c23-16-10-11-17(18(24)13-16)21(14-6-2-1-3-7-14)25-22(26)20-12-15-8-4-5-9-19(15)27-20/h1-11,13,20-21H,12H2,(H,25,26). The molecule has 0 aliphatic carbocycles. The smallest absolute Gasteiger partial charge is 0.262 e. The van der Waals surface area contributed by atoms with E-state index in [1.165, 1.54) is 6.07 Å². The molecule has 136 valence electrons. The van der Waals surface area contributed by atoms with Crippen molar-refractivity contribution < 1.29 is 13.9 Å². The van der Waals surface area contributed by atoms with E-state index in [0.717, 1.165) is 16.9 Å². The molecule has 0 aromatic heterocycles. The van der Waals surface area contributed by atoms with Gasteiger partial charge in [-0.1, -0.05) is 70.5 Å². The summed E-state index contributed by atoms with van der Waals surface area (Å²) in [6, 6.07) is 21.2. The maximum atomic E-state index is 14.6. The second-order valence-corrected chi connectivity index (χ2v) is 7.35. The zero-order valence-corrected chi connectivity index (χ0v) is 15.9. The third-order valence-electron chi connectivity index (χ3n) is 4.63. The molecule has 0 fully saturated rings. The van der Waals surface area contributed by atoms with Crippen molar-refractivity contribution in [1.29, 1.82) is 0 Å². The molecular weight excluding hydrogens is 409 g/mol. The van der Waals surface area contributed by atoms with Crippen LogP contribution in [-0.2, 0) is 11.2 Å². The molecule has 5 heteroatoms. The van der Waals surface area contributed by atoms with Crippen LogP contribution < -0.4 is 10.1 Å². The number of amides is 1. The van der Waals surface area contributed by atoms with Crippen molar-refractivity contribution in [1.82, 2.24) is 5.32 Å². The van der Waals surface area contributed by atoms with Gasteiger partial charge in [0.1, 0.15) is 11.6 Å². The zero-order chi connectivity index (χ0) is 18.8. The van der Waals surface area contributed by atoms with Gasteiger partial charge in [-0.2, -0.15) is 0 Å². The predicted octanol–water partition coefficient (Wildman–Crippen LogP) is 4.80. The Hall–Kier alpha value is -2.66. The van der Waals surface area contributed by atoms with Crippen molar-refractivity contribution in [2.75, 3.05) is 0 Å². The minimum absolute atomic E-state index is 0.262. The zero-order valence-electron chi connectivity index (χ0n) is 14.4. The Bertz CT molecular complexity index is 952. The van der Waals surface area contributed by atoms with Gasteiger partial charge in [-0.05, 0) is 29.3 Å². The molecule has 2 atom stereocenters.